The van der Waals surface area contributed by atoms with Crippen molar-refractivity contribution in [3.05, 3.63) is 46.3 Å². The normalized spacial score (nSPS) is 10.2. The molecule has 18 heavy (non-hydrogen) atoms. The number of rotatable bonds is 3. The maximum Gasteiger partial charge on any atom is 0.291 e. The predicted molar refractivity (Wildman–Crippen MR) is 72.1 cm³/mol. The van der Waals surface area contributed by atoms with Crippen LogP contribution in [0.4, 0.5) is 5.69 Å². The lowest BCUT2D eigenvalue weighted by Gasteiger charge is -2.09. The summed E-state index contributed by atoms with van der Waals surface area (Å²) in [5, 5.41) is 2.78. The highest BCUT2D eigenvalue weighted by molar-refractivity contribution is 9.10. The van der Waals surface area contributed by atoms with Crippen molar-refractivity contribution in [1.82, 2.24) is 0 Å². The first-order chi connectivity index (χ1) is 8.60. The number of furan rings is 1. The van der Waals surface area contributed by atoms with Gasteiger partial charge < -0.3 is 14.5 Å². The molecule has 5 heteroatoms. The van der Waals surface area contributed by atoms with Gasteiger partial charge in [-0.05, 0) is 46.6 Å². The van der Waals surface area contributed by atoms with Gasteiger partial charge in [-0.1, -0.05) is 6.07 Å². The Hall–Kier alpha value is -1.75. The number of carbonyl (C=O) groups is 1. The van der Waals surface area contributed by atoms with E-state index in [0.717, 1.165) is 5.56 Å². The van der Waals surface area contributed by atoms with Crippen molar-refractivity contribution in [2.75, 3.05) is 12.4 Å². The molecule has 0 saturated heterocycles. The fraction of sp³-hybridized carbons (Fsp3) is 0.154. The van der Waals surface area contributed by atoms with Gasteiger partial charge in [-0.3, -0.25) is 4.79 Å². The van der Waals surface area contributed by atoms with E-state index in [4.69, 9.17) is 9.15 Å². The minimum atomic E-state index is -0.294. The van der Waals surface area contributed by atoms with Gasteiger partial charge in [0.25, 0.3) is 5.91 Å². The summed E-state index contributed by atoms with van der Waals surface area (Å²) in [6, 6.07) is 8.77. The molecule has 0 radical (unpaired) electrons. The van der Waals surface area contributed by atoms with Gasteiger partial charge in [0.15, 0.2) is 10.4 Å². The topological polar surface area (TPSA) is 51.5 Å². The Bertz CT molecular complexity index is 577. The zero-order valence-electron chi connectivity index (χ0n) is 9.99. The molecule has 0 aliphatic heterocycles. The number of aryl methyl sites for hydroxylation is 1. The van der Waals surface area contributed by atoms with E-state index in [1.165, 1.54) is 0 Å². The van der Waals surface area contributed by atoms with Gasteiger partial charge in [0.2, 0.25) is 0 Å². The number of hydrogen-bond acceptors (Lipinski definition) is 3. The maximum atomic E-state index is 11.9. The molecule has 1 amide bonds. The number of methoxy groups -OCH3 is 1. The summed E-state index contributed by atoms with van der Waals surface area (Å²) >= 11 is 3.16. The summed E-state index contributed by atoms with van der Waals surface area (Å²) in [6.45, 7) is 1.91. The Balaban J connectivity index is 2.21. The average Bonchev–Trinajstić information content (AvgIpc) is 2.79. The van der Waals surface area contributed by atoms with Crippen LogP contribution in [0, 0.1) is 6.92 Å². The van der Waals surface area contributed by atoms with Gasteiger partial charge in [-0.25, -0.2) is 0 Å². The fourth-order valence-corrected chi connectivity index (χ4v) is 1.79. The Morgan fingerprint density at radius 3 is 2.72 bits per heavy atom. The van der Waals surface area contributed by atoms with Crippen LogP contribution in [-0.2, 0) is 0 Å². The molecule has 1 N–H and O–H groups in total. The van der Waals surface area contributed by atoms with Crippen LogP contribution < -0.4 is 10.1 Å². The van der Waals surface area contributed by atoms with Crippen LogP contribution in [0.2, 0.25) is 0 Å². The summed E-state index contributed by atoms with van der Waals surface area (Å²) in [7, 11) is 1.58. The van der Waals surface area contributed by atoms with E-state index in [9.17, 15) is 4.79 Å². The highest BCUT2D eigenvalue weighted by Crippen LogP contribution is 2.23. The number of hydrogen-bond donors (Lipinski definition) is 1. The minimum Gasteiger partial charge on any atom is -0.497 e. The lowest BCUT2D eigenvalue weighted by Crippen LogP contribution is -2.11. The van der Waals surface area contributed by atoms with Crippen LogP contribution in [0.15, 0.2) is 39.4 Å². The molecule has 94 valence electrons. The third-order valence-electron chi connectivity index (χ3n) is 2.49. The molecule has 0 saturated carbocycles. The van der Waals surface area contributed by atoms with Gasteiger partial charge in [0.1, 0.15) is 5.75 Å². The van der Waals surface area contributed by atoms with E-state index in [0.29, 0.717) is 16.1 Å². The summed E-state index contributed by atoms with van der Waals surface area (Å²) in [6.07, 6.45) is 0. The molecule has 4 nitrogen and oxygen atoms in total. The monoisotopic (exact) mass is 309 g/mol. The van der Waals surface area contributed by atoms with Gasteiger partial charge in [0.05, 0.1) is 7.11 Å². The van der Waals surface area contributed by atoms with Crippen molar-refractivity contribution < 1.29 is 13.9 Å². The van der Waals surface area contributed by atoms with Crippen LogP contribution in [-0.4, -0.2) is 13.0 Å². The second kappa shape index (κ2) is 5.27. The van der Waals surface area contributed by atoms with Crippen molar-refractivity contribution >= 4 is 27.5 Å². The molecule has 0 bridgehead atoms. The second-order valence-electron chi connectivity index (χ2n) is 3.74. The van der Waals surface area contributed by atoms with Crippen LogP contribution >= 0.6 is 15.9 Å². The number of nitrogens with one attached hydrogen (secondary N) is 1. The smallest absolute Gasteiger partial charge is 0.291 e. The van der Waals surface area contributed by atoms with E-state index in [2.05, 4.69) is 21.2 Å². The van der Waals surface area contributed by atoms with Gasteiger partial charge in [-0.2, -0.15) is 0 Å². The lowest BCUT2D eigenvalue weighted by atomic mass is 10.2. The van der Waals surface area contributed by atoms with E-state index in [1.54, 1.807) is 25.3 Å². The number of carbonyl (C=O) groups excluding carboxylic acids is 1. The largest absolute Gasteiger partial charge is 0.497 e. The first-order valence-corrected chi connectivity index (χ1v) is 6.11. The Morgan fingerprint density at radius 1 is 1.33 bits per heavy atom. The van der Waals surface area contributed by atoms with Crippen molar-refractivity contribution in [1.29, 1.82) is 0 Å². The van der Waals surface area contributed by atoms with Crippen molar-refractivity contribution in [2.24, 2.45) is 0 Å². The minimum absolute atomic E-state index is 0.254. The molecule has 2 aromatic rings. The van der Waals surface area contributed by atoms with E-state index in [1.807, 2.05) is 19.1 Å². The molecule has 0 aliphatic rings. The van der Waals surface area contributed by atoms with Crippen LogP contribution in [0.5, 0.6) is 5.75 Å². The zero-order chi connectivity index (χ0) is 13.1. The van der Waals surface area contributed by atoms with Crippen molar-refractivity contribution in [2.45, 2.75) is 6.92 Å². The van der Waals surface area contributed by atoms with Crippen molar-refractivity contribution in [3.8, 4) is 5.75 Å². The van der Waals surface area contributed by atoms with E-state index in [-0.39, 0.29) is 11.7 Å². The van der Waals surface area contributed by atoms with Crippen LogP contribution in [0.3, 0.4) is 0 Å². The maximum absolute atomic E-state index is 11.9. The lowest BCUT2D eigenvalue weighted by molar-refractivity contribution is 0.0995. The highest BCUT2D eigenvalue weighted by atomic mass is 79.9. The third-order valence-corrected chi connectivity index (χ3v) is 2.92. The number of benzene rings is 1. The number of halogens is 1. The zero-order valence-corrected chi connectivity index (χ0v) is 11.6. The summed E-state index contributed by atoms with van der Waals surface area (Å²) in [4.78, 5) is 11.9. The summed E-state index contributed by atoms with van der Waals surface area (Å²) < 4.78 is 10.8. The molecule has 1 aromatic carbocycles. The number of ether oxygens (including phenoxy) is 1. The van der Waals surface area contributed by atoms with Crippen LogP contribution in [0.1, 0.15) is 16.1 Å². The molecular weight excluding hydrogens is 298 g/mol. The molecule has 0 fully saturated rings. The number of anilines is 1. The quantitative estimate of drug-likeness (QED) is 0.942. The third kappa shape index (κ3) is 2.73. The molecule has 0 aliphatic carbocycles. The van der Waals surface area contributed by atoms with E-state index < -0.39 is 0 Å². The van der Waals surface area contributed by atoms with Gasteiger partial charge in [-0.15, -0.1) is 0 Å². The standard InChI is InChI=1S/C13H12BrNO3/c1-8-3-4-9(17-2)7-10(8)15-13(16)11-5-6-12(14)18-11/h3-7H,1-2H3,(H,15,16). The predicted octanol–water partition coefficient (Wildman–Crippen LogP) is 3.61. The summed E-state index contributed by atoms with van der Waals surface area (Å²) in [5.74, 6) is 0.651. The van der Waals surface area contributed by atoms with Gasteiger partial charge >= 0.3 is 0 Å². The first kappa shape index (κ1) is 12.7. The molecule has 0 atom stereocenters. The van der Waals surface area contributed by atoms with Crippen LogP contribution in [0.25, 0.3) is 0 Å². The highest BCUT2D eigenvalue weighted by Gasteiger charge is 2.12. The number of amides is 1. The molecule has 0 unspecified atom stereocenters. The Morgan fingerprint density at radius 2 is 2.11 bits per heavy atom. The fourth-order valence-electron chi connectivity index (χ4n) is 1.48. The first-order valence-electron chi connectivity index (χ1n) is 5.31. The SMILES string of the molecule is COc1ccc(C)c(NC(=O)c2ccc(Br)o2)c1. The summed E-state index contributed by atoms with van der Waals surface area (Å²) in [5.41, 5.74) is 1.65. The van der Waals surface area contributed by atoms with Crippen molar-refractivity contribution in [3.63, 3.8) is 0 Å². The molecule has 0 spiro atoms. The molecular formula is C13H12BrNO3. The molecule has 1 aromatic heterocycles. The Labute approximate surface area is 113 Å². The second-order valence-corrected chi connectivity index (χ2v) is 4.52. The Kier molecular flexibility index (Phi) is 3.72. The average molecular weight is 310 g/mol. The van der Waals surface area contributed by atoms with Gasteiger partial charge in [0, 0.05) is 11.8 Å². The molecule has 1 heterocycles. The van der Waals surface area contributed by atoms with E-state index >= 15 is 0 Å². The molecule has 2 rings (SSSR count).